The summed E-state index contributed by atoms with van der Waals surface area (Å²) in [4.78, 5) is 0. The van der Waals surface area contributed by atoms with Gasteiger partial charge in [0.05, 0.1) is 0 Å². The van der Waals surface area contributed by atoms with Gasteiger partial charge in [-0.2, -0.15) is 0 Å². The van der Waals surface area contributed by atoms with Crippen molar-refractivity contribution in [2.45, 2.75) is 12.3 Å². The summed E-state index contributed by atoms with van der Waals surface area (Å²) < 4.78 is 0. The Morgan fingerprint density at radius 1 is 0.386 bits per heavy atom. The van der Waals surface area contributed by atoms with Crippen LogP contribution in [0, 0.1) is 0 Å². The Kier molecular flexibility index (Phi) is 6.74. The third-order valence-corrected chi connectivity index (χ3v) is 8.99. The molecule has 1 aliphatic rings. The second kappa shape index (κ2) is 11.3. The van der Waals surface area contributed by atoms with Gasteiger partial charge in [-0.15, -0.1) is 0 Å². The Hall–Kier alpha value is -5.46. The molecule has 208 valence electrons. The van der Waals surface area contributed by atoms with Gasteiger partial charge >= 0.3 is 0 Å². The average molecular weight is 561 g/mol. The van der Waals surface area contributed by atoms with E-state index in [1.54, 1.807) is 0 Å². The number of allylic oxidation sites excluding steroid dienone is 4. The molecule has 0 N–H and O–H groups in total. The molecule has 0 fully saturated rings. The highest BCUT2D eigenvalue weighted by Gasteiger charge is 2.18. The standard InChI is InChI=1S/C44H32/c1-4-13-31(14-5-1)37-27-41(34-15-6-2-7-16-34)44-30-38(28-42(43(44)29-37)35-17-8-3-9-18-35)32-23-25-36(26-24-32)40-22-12-20-33-19-10-11-21-39(33)40/h1-15,17-30,34H,16H2. The van der Waals surface area contributed by atoms with Gasteiger partial charge in [0.15, 0.2) is 0 Å². The third-order valence-electron chi connectivity index (χ3n) is 8.99. The first-order chi connectivity index (χ1) is 21.8. The molecule has 1 aliphatic carbocycles. The second-order valence-corrected chi connectivity index (χ2v) is 11.7. The van der Waals surface area contributed by atoms with E-state index in [-0.39, 0.29) is 0 Å². The van der Waals surface area contributed by atoms with Crippen molar-refractivity contribution in [3.8, 4) is 44.5 Å². The van der Waals surface area contributed by atoms with Gasteiger partial charge in [-0.3, -0.25) is 0 Å². The molecule has 7 aromatic carbocycles. The van der Waals surface area contributed by atoms with Gasteiger partial charge in [0.25, 0.3) is 0 Å². The molecule has 1 unspecified atom stereocenters. The topological polar surface area (TPSA) is 0 Å². The van der Waals surface area contributed by atoms with E-state index in [2.05, 4.69) is 176 Å². The lowest BCUT2D eigenvalue weighted by molar-refractivity contribution is 0.862. The highest BCUT2D eigenvalue weighted by Crippen LogP contribution is 2.42. The van der Waals surface area contributed by atoms with E-state index in [1.807, 2.05) is 0 Å². The van der Waals surface area contributed by atoms with E-state index in [4.69, 9.17) is 0 Å². The minimum Gasteiger partial charge on any atom is -0.0836 e. The minimum absolute atomic E-state index is 0.332. The zero-order valence-corrected chi connectivity index (χ0v) is 24.5. The molecule has 0 heteroatoms. The van der Waals surface area contributed by atoms with E-state index < -0.39 is 0 Å². The summed E-state index contributed by atoms with van der Waals surface area (Å²) in [5.74, 6) is 0.332. The quantitative estimate of drug-likeness (QED) is 0.196. The van der Waals surface area contributed by atoms with E-state index in [1.165, 1.54) is 71.6 Å². The van der Waals surface area contributed by atoms with Crippen molar-refractivity contribution in [2.24, 2.45) is 0 Å². The maximum absolute atomic E-state index is 2.42. The van der Waals surface area contributed by atoms with Crippen LogP contribution in [0.2, 0.25) is 0 Å². The number of hydrogen-bond donors (Lipinski definition) is 0. The van der Waals surface area contributed by atoms with E-state index in [9.17, 15) is 0 Å². The molecule has 44 heavy (non-hydrogen) atoms. The van der Waals surface area contributed by atoms with Gasteiger partial charge in [0.1, 0.15) is 0 Å². The highest BCUT2D eigenvalue weighted by atomic mass is 14.2. The van der Waals surface area contributed by atoms with Crippen molar-refractivity contribution < 1.29 is 0 Å². The fraction of sp³-hybridized carbons (Fsp3) is 0.0455. The predicted octanol–water partition coefficient (Wildman–Crippen LogP) is 12.3. The highest BCUT2D eigenvalue weighted by molar-refractivity contribution is 6.04. The van der Waals surface area contributed by atoms with Crippen molar-refractivity contribution in [1.29, 1.82) is 0 Å². The molecular weight excluding hydrogens is 528 g/mol. The summed E-state index contributed by atoms with van der Waals surface area (Å²) >= 11 is 0. The fourth-order valence-electron chi connectivity index (χ4n) is 6.75. The van der Waals surface area contributed by atoms with Gasteiger partial charge < -0.3 is 0 Å². The van der Waals surface area contributed by atoms with Crippen molar-refractivity contribution in [3.05, 3.63) is 182 Å². The molecule has 0 saturated heterocycles. The van der Waals surface area contributed by atoms with Gasteiger partial charge in [0.2, 0.25) is 0 Å². The van der Waals surface area contributed by atoms with E-state index in [0.29, 0.717) is 5.92 Å². The zero-order chi connectivity index (χ0) is 29.3. The van der Waals surface area contributed by atoms with E-state index in [0.717, 1.165) is 6.42 Å². The molecule has 1 atom stereocenters. The molecule has 0 aromatic heterocycles. The first-order valence-corrected chi connectivity index (χ1v) is 15.5. The molecule has 0 saturated carbocycles. The maximum atomic E-state index is 2.42. The summed E-state index contributed by atoms with van der Waals surface area (Å²) in [5, 5.41) is 5.18. The van der Waals surface area contributed by atoms with Crippen molar-refractivity contribution in [3.63, 3.8) is 0 Å². The number of hydrogen-bond acceptors (Lipinski definition) is 0. The van der Waals surface area contributed by atoms with Crippen LogP contribution < -0.4 is 0 Å². The Labute approximate surface area is 259 Å². The molecule has 7 aromatic rings. The largest absolute Gasteiger partial charge is 0.0836 e. The van der Waals surface area contributed by atoms with Crippen molar-refractivity contribution >= 4 is 21.5 Å². The molecule has 0 heterocycles. The normalized spacial score (nSPS) is 14.3. The average Bonchev–Trinajstić information content (AvgIpc) is 3.11. The van der Waals surface area contributed by atoms with Gasteiger partial charge in [-0.1, -0.05) is 152 Å². The molecule has 0 aliphatic heterocycles. The number of fused-ring (bicyclic) bond motifs is 2. The van der Waals surface area contributed by atoms with Crippen LogP contribution in [-0.2, 0) is 0 Å². The van der Waals surface area contributed by atoms with Gasteiger partial charge in [-0.25, -0.2) is 0 Å². The second-order valence-electron chi connectivity index (χ2n) is 11.7. The van der Waals surface area contributed by atoms with Crippen LogP contribution >= 0.6 is 0 Å². The zero-order valence-electron chi connectivity index (χ0n) is 24.5. The Morgan fingerprint density at radius 2 is 1.00 bits per heavy atom. The summed E-state index contributed by atoms with van der Waals surface area (Å²) in [5.41, 5.74) is 11.4. The van der Waals surface area contributed by atoms with Gasteiger partial charge in [-0.05, 0) is 102 Å². The minimum atomic E-state index is 0.332. The third kappa shape index (κ3) is 4.85. The van der Waals surface area contributed by atoms with Gasteiger partial charge in [0, 0.05) is 5.92 Å². The monoisotopic (exact) mass is 560 g/mol. The van der Waals surface area contributed by atoms with Crippen molar-refractivity contribution in [1.82, 2.24) is 0 Å². The van der Waals surface area contributed by atoms with Crippen LogP contribution in [0.1, 0.15) is 17.9 Å². The molecule has 8 rings (SSSR count). The summed E-state index contributed by atoms with van der Waals surface area (Å²) in [7, 11) is 0. The predicted molar refractivity (Wildman–Crippen MR) is 189 cm³/mol. The molecular formula is C44H32. The number of benzene rings is 7. The first kappa shape index (κ1) is 26.2. The van der Waals surface area contributed by atoms with Crippen LogP contribution in [0.5, 0.6) is 0 Å². The first-order valence-electron chi connectivity index (χ1n) is 15.5. The Morgan fingerprint density at radius 3 is 1.77 bits per heavy atom. The summed E-state index contributed by atoms with van der Waals surface area (Å²) in [6.07, 6.45) is 10.0. The number of rotatable bonds is 5. The lowest BCUT2D eigenvalue weighted by Crippen LogP contribution is -2.00. The van der Waals surface area contributed by atoms with Crippen LogP contribution in [-0.4, -0.2) is 0 Å². The van der Waals surface area contributed by atoms with Crippen LogP contribution in [0.4, 0.5) is 0 Å². The van der Waals surface area contributed by atoms with Crippen LogP contribution in [0.15, 0.2) is 176 Å². The molecule has 0 radical (unpaired) electrons. The lowest BCUT2D eigenvalue weighted by atomic mass is 9.83. The van der Waals surface area contributed by atoms with E-state index >= 15 is 0 Å². The summed E-state index contributed by atoms with van der Waals surface area (Å²) in [6.45, 7) is 0. The maximum Gasteiger partial charge on any atom is 0.00620 e. The van der Waals surface area contributed by atoms with Crippen LogP contribution in [0.25, 0.3) is 66.1 Å². The SMILES string of the molecule is C1=CCC(c2cc(-c3ccccc3)cc3c(-c4ccccc4)cc(-c4ccc(-c5cccc6ccccc56)cc4)cc23)C=C1. The molecule has 0 nitrogen and oxygen atoms in total. The smallest absolute Gasteiger partial charge is 0.00620 e. The Bertz CT molecular complexity index is 2160. The fourth-order valence-corrected chi connectivity index (χ4v) is 6.75. The van der Waals surface area contributed by atoms with Crippen LogP contribution in [0.3, 0.4) is 0 Å². The molecule has 0 bridgehead atoms. The molecule has 0 spiro atoms. The Balaban J connectivity index is 1.33. The van der Waals surface area contributed by atoms with Crippen molar-refractivity contribution in [2.75, 3.05) is 0 Å². The lowest BCUT2D eigenvalue weighted by Gasteiger charge is -2.21. The molecule has 0 amide bonds. The summed E-state index contributed by atoms with van der Waals surface area (Å²) in [6, 6.07) is 55.6.